The van der Waals surface area contributed by atoms with Crippen molar-refractivity contribution in [2.24, 2.45) is 0 Å². The molecule has 0 bridgehead atoms. The molecule has 12 heavy (non-hydrogen) atoms. The summed E-state index contributed by atoms with van der Waals surface area (Å²) in [6.45, 7) is 5.01. The van der Waals surface area contributed by atoms with Crippen LogP contribution in [0.4, 0.5) is 5.13 Å². The number of hydrogen-bond donors (Lipinski definition) is 1. The summed E-state index contributed by atoms with van der Waals surface area (Å²) >= 11 is 1.66. The maximum atomic E-state index is 4.29. The Morgan fingerprint density at radius 3 is 3.08 bits per heavy atom. The number of hydrogen-bond acceptors (Lipinski definition) is 3. The number of thiazole rings is 1. The third-order valence-electron chi connectivity index (χ3n) is 1.44. The van der Waals surface area contributed by atoms with E-state index in [-0.39, 0.29) is 0 Å². The topological polar surface area (TPSA) is 24.9 Å². The SMILES string of the molecule is C/C=C/CCNc1nc(C)cs1. The summed E-state index contributed by atoms with van der Waals surface area (Å²) in [6.07, 6.45) is 5.28. The van der Waals surface area contributed by atoms with E-state index in [9.17, 15) is 0 Å². The van der Waals surface area contributed by atoms with Gasteiger partial charge in [0, 0.05) is 11.9 Å². The van der Waals surface area contributed by atoms with Crippen LogP contribution in [-0.2, 0) is 0 Å². The molecule has 0 spiro atoms. The standard InChI is InChI=1S/C9H14N2S/c1-3-4-5-6-10-9-11-8(2)7-12-9/h3-4,7H,5-6H2,1-2H3,(H,10,11)/b4-3+. The molecule has 1 rings (SSSR count). The van der Waals surface area contributed by atoms with Gasteiger partial charge in [-0.05, 0) is 20.3 Å². The van der Waals surface area contributed by atoms with Crippen LogP contribution in [0.15, 0.2) is 17.5 Å². The van der Waals surface area contributed by atoms with Gasteiger partial charge in [0.05, 0.1) is 5.69 Å². The van der Waals surface area contributed by atoms with Crippen molar-refractivity contribution in [2.75, 3.05) is 11.9 Å². The molecule has 1 heterocycles. The molecule has 0 fully saturated rings. The van der Waals surface area contributed by atoms with Crippen LogP contribution in [0.1, 0.15) is 19.0 Å². The van der Waals surface area contributed by atoms with E-state index in [1.165, 1.54) is 0 Å². The molecule has 0 amide bonds. The van der Waals surface area contributed by atoms with Crippen molar-refractivity contribution in [3.63, 3.8) is 0 Å². The number of nitrogens with one attached hydrogen (secondary N) is 1. The van der Waals surface area contributed by atoms with Crippen molar-refractivity contribution in [3.05, 3.63) is 23.2 Å². The fraction of sp³-hybridized carbons (Fsp3) is 0.444. The summed E-state index contributed by atoms with van der Waals surface area (Å²) in [5.41, 5.74) is 1.09. The summed E-state index contributed by atoms with van der Waals surface area (Å²) in [6, 6.07) is 0. The first-order valence-electron chi connectivity index (χ1n) is 4.10. The molecule has 66 valence electrons. The highest BCUT2D eigenvalue weighted by atomic mass is 32.1. The second-order valence-corrected chi connectivity index (χ2v) is 3.44. The van der Waals surface area contributed by atoms with Gasteiger partial charge in [0.2, 0.25) is 0 Å². The van der Waals surface area contributed by atoms with Crippen LogP contribution >= 0.6 is 11.3 Å². The van der Waals surface area contributed by atoms with Crippen molar-refractivity contribution in [1.82, 2.24) is 4.98 Å². The highest BCUT2D eigenvalue weighted by Crippen LogP contribution is 2.13. The van der Waals surface area contributed by atoms with E-state index in [1.54, 1.807) is 11.3 Å². The smallest absolute Gasteiger partial charge is 0.182 e. The normalized spacial score (nSPS) is 10.8. The van der Waals surface area contributed by atoms with Crippen molar-refractivity contribution in [1.29, 1.82) is 0 Å². The molecule has 0 aliphatic rings. The molecule has 1 aromatic heterocycles. The predicted octanol–water partition coefficient (Wildman–Crippen LogP) is 2.83. The average Bonchev–Trinajstić information content (AvgIpc) is 2.45. The van der Waals surface area contributed by atoms with Crippen LogP contribution in [0.25, 0.3) is 0 Å². The Labute approximate surface area is 77.3 Å². The van der Waals surface area contributed by atoms with Gasteiger partial charge in [-0.1, -0.05) is 12.2 Å². The molecule has 0 aliphatic carbocycles. The lowest BCUT2D eigenvalue weighted by Crippen LogP contribution is -1.99. The van der Waals surface area contributed by atoms with Crippen LogP contribution in [0, 0.1) is 6.92 Å². The molecular weight excluding hydrogens is 168 g/mol. The molecule has 0 saturated carbocycles. The molecule has 0 unspecified atom stereocenters. The number of anilines is 1. The van der Waals surface area contributed by atoms with E-state index < -0.39 is 0 Å². The number of nitrogens with zero attached hydrogens (tertiary/aromatic N) is 1. The van der Waals surface area contributed by atoms with Crippen LogP contribution < -0.4 is 5.32 Å². The third-order valence-corrected chi connectivity index (χ3v) is 2.36. The van der Waals surface area contributed by atoms with Crippen LogP contribution in [-0.4, -0.2) is 11.5 Å². The lowest BCUT2D eigenvalue weighted by molar-refractivity contribution is 1.05. The van der Waals surface area contributed by atoms with Crippen molar-refractivity contribution in [2.45, 2.75) is 20.3 Å². The summed E-state index contributed by atoms with van der Waals surface area (Å²) < 4.78 is 0. The van der Waals surface area contributed by atoms with Crippen LogP contribution in [0.3, 0.4) is 0 Å². The Morgan fingerprint density at radius 2 is 2.50 bits per heavy atom. The predicted molar refractivity (Wildman–Crippen MR) is 54.8 cm³/mol. The summed E-state index contributed by atoms with van der Waals surface area (Å²) in [7, 11) is 0. The van der Waals surface area contributed by atoms with E-state index >= 15 is 0 Å². The monoisotopic (exact) mass is 182 g/mol. The minimum atomic E-state index is 0.970. The van der Waals surface area contributed by atoms with Crippen LogP contribution in [0.2, 0.25) is 0 Å². The van der Waals surface area contributed by atoms with Gasteiger partial charge in [-0.3, -0.25) is 0 Å². The van der Waals surface area contributed by atoms with E-state index in [4.69, 9.17) is 0 Å². The largest absolute Gasteiger partial charge is 0.361 e. The van der Waals surface area contributed by atoms with Gasteiger partial charge in [0.25, 0.3) is 0 Å². The zero-order valence-corrected chi connectivity index (χ0v) is 8.32. The van der Waals surface area contributed by atoms with Gasteiger partial charge in [-0.2, -0.15) is 0 Å². The zero-order valence-electron chi connectivity index (χ0n) is 7.50. The average molecular weight is 182 g/mol. The molecule has 0 atom stereocenters. The van der Waals surface area contributed by atoms with E-state index in [0.29, 0.717) is 0 Å². The first-order chi connectivity index (χ1) is 5.83. The second kappa shape index (κ2) is 4.93. The minimum absolute atomic E-state index is 0.970. The van der Waals surface area contributed by atoms with Gasteiger partial charge in [-0.25, -0.2) is 4.98 Å². The van der Waals surface area contributed by atoms with Crippen molar-refractivity contribution < 1.29 is 0 Å². The summed E-state index contributed by atoms with van der Waals surface area (Å²) in [5.74, 6) is 0. The van der Waals surface area contributed by atoms with Gasteiger partial charge >= 0.3 is 0 Å². The van der Waals surface area contributed by atoms with Crippen molar-refractivity contribution >= 4 is 16.5 Å². The Bertz CT molecular complexity index is 253. The summed E-state index contributed by atoms with van der Waals surface area (Å²) in [4.78, 5) is 4.29. The van der Waals surface area contributed by atoms with E-state index in [1.807, 2.05) is 13.8 Å². The molecule has 0 aliphatic heterocycles. The van der Waals surface area contributed by atoms with Gasteiger partial charge in [0.1, 0.15) is 0 Å². The Balaban J connectivity index is 2.24. The first-order valence-corrected chi connectivity index (χ1v) is 4.98. The summed E-state index contributed by atoms with van der Waals surface area (Å²) in [5, 5.41) is 6.34. The highest BCUT2D eigenvalue weighted by molar-refractivity contribution is 7.13. The van der Waals surface area contributed by atoms with E-state index in [0.717, 1.165) is 23.8 Å². The molecule has 3 heteroatoms. The number of rotatable bonds is 4. The molecule has 0 radical (unpaired) electrons. The molecule has 1 N–H and O–H groups in total. The maximum absolute atomic E-state index is 4.29. The molecular formula is C9H14N2S. The van der Waals surface area contributed by atoms with Crippen LogP contribution in [0.5, 0.6) is 0 Å². The number of aryl methyl sites for hydroxylation is 1. The number of allylic oxidation sites excluding steroid dienone is 1. The molecule has 0 saturated heterocycles. The molecule has 0 aromatic carbocycles. The van der Waals surface area contributed by atoms with Gasteiger partial charge in [-0.15, -0.1) is 11.3 Å². The highest BCUT2D eigenvalue weighted by Gasteiger charge is 1.94. The minimum Gasteiger partial charge on any atom is -0.361 e. The number of aromatic nitrogens is 1. The Morgan fingerprint density at radius 1 is 1.67 bits per heavy atom. The first kappa shape index (κ1) is 9.26. The van der Waals surface area contributed by atoms with Gasteiger partial charge in [0.15, 0.2) is 5.13 Å². The molecule has 1 aromatic rings. The zero-order chi connectivity index (χ0) is 8.81. The lowest BCUT2D eigenvalue weighted by atomic mass is 10.4. The molecule has 2 nitrogen and oxygen atoms in total. The Kier molecular flexibility index (Phi) is 3.80. The lowest BCUT2D eigenvalue weighted by Gasteiger charge is -1.97. The van der Waals surface area contributed by atoms with Crippen molar-refractivity contribution in [3.8, 4) is 0 Å². The fourth-order valence-electron chi connectivity index (χ4n) is 0.864. The maximum Gasteiger partial charge on any atom is 0.182 e. The third kappa shape index (κ3) is 3.05. The quantitative estimate of drug-likeness (QED) is 0.572. The fourth-order valence-corrected chi connectivity index (χ4v) is 1.58. The van der Waals surface area contributed by atoms with E-state index in [2.05, 4.69) is 27.8 Å². The Hall–Kier alpha value is -0.830. The van der Waals surface area contributed by atoms with Gasteiger partial charge < -0.3 is 5.32 Å². The second-order valence-electron chi connectivity index (χ2n) is 2.58.